The van der Waals surface area contributed by atoms with Gasteiger partial charge in [0, 0.05) is 42.7 Å². The molecule has 232 valence electrons. The molecule has 7 aromatic carbocycles. The predicted octanol–water partition coefficient (Wildman–Crippen LogP) is 12.3. The first kappa shape index (κ1) is 29.0. The molecule has 0 amide bonds. The van der Waals surface area contributed by atoms with Crippen LogP contribution in [0.5, 0.6) is 0 Å². The van der Waals surface area contributed by atoms with E-state index in [1.807, 2.05) is 41.8 Å². The molecule has 0 aliphatic heterocycles. The van der Waals surface area contributed by atoms with Crippen molar-refractivity contribution in [3.05, 3.63) is 182 Å². The SMILES string of the molecule is N=C(/C=C\Nn1c2cc(-c3ccccc3)ccc2c2c3sc4ccccc4c3ccc21)c1cccc(-c2ccc(-c3ccccc3)cc2)c1. The van der Waals surface area contributed by atoms with Crippen LogP contribution in [0.4, 0.5) is 0 Å². The second-order valence-electron chi connectivity index (χ2n) is 12.3. The minimum absolute atomic E-state index is 0.438. The molecule has 2 N–H and O–H groups in total. The highest BCUT2D eigenvalue weighted by Gasteiger charge is 2.17. The Kier molecular flexibility index (Phi) is 7.15. The Morgan fingerprint density at radius 2 is 1.10 bits per heavy atom. The zero-order chi connectivity index (χ0) is 32.7. The Morgan fingerprint density at radius 3 is 1.88 bits per heavy atom. The van der Waals surface area contributed by atoms with E-state index < -0.39 is 0 Å². The van der Waals surface area contributed by atoms with Crippen LogP contribution in [0.1, 0.15) is 5.56 Å². The molecular weight excluding hydrogens is 615 g/mol. The maximum Gasteiger partial charge on any atom is 0.0724 e. The number of fused-ring (bicyclic) bond motifs is 7. The fourth-order valence-corrected chi connectivity index (χ4v) is 8.13. The second kappa shape index (κ2) is 12.1. The van der Waals surface area contributed by atoms with Gasteiger partial charge in [-0.25, -0.2) is 0 Å². The van der Waals surface area contributed by atoms with Gasteiger partial charge >= 0.3 is 0 Å². The molecule has 0 aliphatic rings. The van der Waals surface area contributed by atoms with Crippen LogP contribution in [0.15, 0.2) is 176 Å². The van der Waals surface area contributed by atoms with E-state index >= 15 is 0 Å². The quantitative estimate of drug-likeness (QED) is 0.166. The van der Waals surface area contributed by atoms with E-state index in [0.29, 0.717) is 5.71 Å². The molecule has 49 heavy (non-hydrogen) atoms. The zero-order valence-corrected chi connectivity index (χ0v) is 27.4. The van der Waals surface area contributed by atoms with Gasteiger partial charge in [-0.2, -0.15) is 0 Å². The van der Waals surface area contributed by atoms with Crippen molar-refractivity contribution in [2.45, 2.75) is 0 Å². The van der Waals surface area contributed by atoms with Crippen molar-refractivity contribution in [2.24, 2.45) is 0 Å². The maximum absolute atomic E-state index is 8.97. The lowest BCUT2D eigenvalue weighted by molar-refractivity contribution is 1.05. The molecule has 0 aliphatic carbocycles. The number of nitrogens with zero attached hydrogens (tertiary/aromatic N) is 1. The molecule has 0 saturated carbocycles. The number of aromatic nitrogens is 1. The van der Waals surface area contributed by atoms with E-state index in [-0.39, 0.29) is 0 Å². The number of hydrogen-bond acceptors (Lipinski definition) is 3. The van der Waals surface area contributed by atoms with E-state index in [1.165, 1.54) is 47.6 Å². The third kappa shape index (κ3) is 5.20. The number of rotatable bonds is 7. The Bertz CT molecular complexity index is 2680. The number of allylic oxidation sites excluding steroid dienone is 1. The van der Waals surface area contributed by atoms with Gasteiger partial charge in [-0.1, -0.05) is 140 Å². The number of thiophene rings is 1. The van der Waals surface area contributed by atoms with Crippen molar-refractivity contribution in [2.75, 3.05) is 5.43 Å². The zero-order valence-electron chi connectivity index (χ0n) is 26.6. The van der Waals surface area contributed by atoms with Gasteiger partial charge in [0.05, 0.1) is 16.7 Å². The molecule has 0 unspecified atom stereocenters. The lowest BCUT2D eigenvalue weighted by atomic mass is 9.98. The van der Waals surface area contributed by atoms with Gasteiger partial charge in [-0.15, -0.1) is 11.3 Å². The topological polar surface area (TPSA) is 40.8 Å². The van der Waals surface area contributed by atoms with E-state index in [9.17, 15) is 0 Å². The van der Waals surface area contributed by atoms with Crippen LogP contribution < -0.4 is 5.43 Å². The minimum Gasteiger partial charge on any atom is -0.301 e. The summed E-state index contributed by atoms with van der Waals surface area (Å²) in [6.45, 7) is 0. The van der Waals surface area contributed by atoms with Crippen molar-refractivity contribution in [1.82, 2.24) is 4.68 Å². The maximum atomic E-state index is 8.97. The highest BCUT2D eigenvalue weighted by molar-refractivity contribution is 7.26. The van der Waals surface area contributed by atoms with Crippen LogP contribution in [0, 0.1) is 5.41 Å². The predicted molar refractivity (Wildman–Crippen MR) is 210 cm³/mol. The van der Waals surface area contributed by atoms with Crippen LogP contribution in [0.2, 0.25) is 0 Å². The van der Waals surface area contributed by atoms with Crippen molar-refractivity contribution in [3.63, 3.8) is 0 Å². The van der Waals surface area contributed by atoms with Crippen LogP contribution >= 0.6 is 11.3 Å². The molecular formula is C45H31N3S. The molecule has 2 heterocycles. The first-order chi connectivity index (χ1) is 24.2. The molecule has 0 fully saturated rings. The molecule has 9 aromatic rings. The molecule has 0 spiro atoms. The summed E-state index contributed by atoms with van der Waals surface area (Å²) in [5.41, 5.74) is 14.0. The van der Waals surface area contributed by atoms with Crippen LogP contribution in [0.25, 0.3) is 75.4 Å². The van der Waals surface area contributed by atoms with Crippen LogP contribution in [-0.4, -0.2) is 10.4 Å². The van der Waals surface area contributed by atoms with Gasteiger partial charge in [0.2, 0.25) is 0 Å². The lowest BCUT2D eigenvalue weighted by Gasteiger charge is -2.09. The third-order valence-electron chi connectivity index (χ3n) is 9.33. The smallest absolute Gasteiger partial charge is 0.0724 e. The van der Waals surface area contributed by atoms with Crippen molar-refractivity contribution >= 4 is 59.0 Å². The van der Waals surface area contributed by atoms with Crippen molar-refractivity contribution < 1.29 is 0 Å². The fourth-order valence-electron chi connectivity index (χ4n) is 6.88. The molecule has 0 atom stereocenters. The highest BCUT2D eigenvalue weighted by Crippen LogP contribution is 2.42. The van der Waals surface area contributed by atoms with E-state index in [4.69, 9.17) is 5.41 Å². The summed E-state index contributed by atoms with van der Waals surface area (Å²) >= 11 is 1.85. The van der Waals surface area contributed by atoms with Crippen LogP contribution in [0.3, 0.4) is 0 Å². The van der Waals surface area contributed by atoms with E-state index in [1.54, 1.807) is 0 Å². The lowest BCUT2D eigenvalue weighted by Crippen LogP contribution is -2.08. The summed E-state index contributed by atoms with van der Waals surface area (Å²) in [4.78, 5) is 0. The minimum atomic E-state index is 0.438. The number of hydrogen-bond donors (Lipinski definition) is 2. The molecule has 0 bridgehead atoms. The molecule has 0 radical (unpaired) electrons. The van der Waals surface area contributed by atoms with Crippen molar-refractivity contribution in [3.8, 4) is 33.4 Å². The monoisotopic (exact) mass is 645 g/mol. The molecule has 0 saturated heterocycles. The summed E-state index contributed by atoms with van der Waals surface area (Å²) in [5.74, 6) is 0. The average Bonchev–Trinajstić information content (AvgIpc) is 3.71. The Hall–Kier alpha value is -6.23. The van der Waals surface area contributed by atoms with Crippen LogP contribution in [-0.2, 0) is 0 Å². The fraction of sp³-hybridized carbons (Fsp3) is 0. The number of benzene rings is 7. The first-order valence-electron chi connectivity index (χ1n) is 16.4. The largest absolute Gasteiger partial charge is 0.301 e. The first-order valence-corrected chi connectivity index (χ1v) is 17.2. The van der Waals surface area contributed by atoms with Gasteiger partial charge in [-0.3, -0.25) is 4.68 Å². The third-order valence-corrected chi connectivity index (χ3v) is 10.5. The second-order valence-corrected chi connectivity index (χ2v) is 13.3. The standard InChI is InChI=1S/C45H31N3S/c46-40(36-15-9-14-34(28-36)33-20-18-32(19-21-33)30-10-3-1-4-11-30)26-27-47-48-41-25-24-38-37-16-7-8-17-43(37)49-45(38)44(41)39-23-22-35(29-42(39)48)31-12-5-2-6-13-31/h1-29,46-47H/b27-26-,46-40?. The van der Waals surface area contributed by atoms with Gasteiger partial charge in [0.15, 0.2) is 0 Å². The van der Waals surface area contributed by atoms with Gasteiger partial charge < -0.3 is 10.8 Å². The summed E-state index contributed by atoms with van der Waals surface area (Å²) in [6.07, 6.45) is 3.72. The van der Waals surface area contributed by atoms with Gasteiger partial charge in [-0.05, 0) is 63.7 Å². The van der Waals surface area contributed by atoms with Crippen molar-refractivity contribution in [1.29, 1.82) is 5.41 Å². The summed E-state index contributed by atoms with van der Waals surface area (Å²) in [7, 11) is 0. The molecule has 3 nitrogen and oxygen atoms in total. The summed E-state index contributed by atoms with van der Waals surface area (Å²) in [5, 5.41) is 14.0. The molecule has 9 rings (SSSR count). The normalized spacial score (nSPS) is 11.7. The van der Waals surface area contributed by atoms with Gasteiger partial charge in [0.1, 0.15) is 0 Å². The summed E-state index contributed by atoms with van der Waals surface area (Å²) in [6, 6.07) is 57.7. The Balaban J connectivity index is 1.07. The Labute approximate surface area is 288 Å². The Morgan fingerprint density at radius 1 is 0.510 bits per heavy atom. The summed E-state index contributed by atoms with van der Waals surface area (Å²) < 4.78 is 4.75. The molecule has 4 heteroatoms. The highest BCUT2D eigenvalue weighted by atomic mass is 32.1. The number of nitrogens with one attached hydrogen (secondary N) is 2. The van der Waals surface area contributed by atoms with Gasteiger partial charge in [0.25, 0.3) is 0 Å². The van der Waals surface area contributed by atoms with E-state index in [2.05, 4.69) is 156 Å². The average molecular weight is 646 g/mol. The molecule has 2 aromatic heterocycles. The van der Waals surface area contributed by atoms with E-state index in [0.717, 1.165) is 33.3 Å².